The molecule has 33 heavy (non-hydrogen) atoms. The van der Waals surface area contributed by atoms with Crippen molar-refractivity contribution in [3.05, 3.63) is 53.6 Å². The molecule has 0 radical (unpaired) electrons. The SMILES string of the molecule is COc1cccc(C(=O)Nc2ccc(C)c(-c3noc(-c4sc(NC(C)C)nc4N)n3)c2)c1. The molecule has 0 aliphatic heterocycles. The van der Waals surface area contributed by atoms with Gasteiger partial charge in [0.1, 0.15) is 16.4 Å². The third kappa shape index (κ3) is 4.96. The van der Waals surface area contributed by atoms with Crippen molar-refractivity contribution in [2.24, 2.45) is 0 Å². The molecule has 4 aromatic rings. The second-order valence-corrected chi connectivity index (χ2v) is 8.67. The summed E-state index contributed by atoms with van der Waals surface area (Å²) in [5.41, 5.74) is 8.82. The van der Waals surface area contributed by atoms with Crippen LogP contribution in [0.5, 0.6) is 5.75 Å². The van der Waals surface area contributed by atoms with Crippen LogP contribution in [-0.4, -0.2) is 34.2 Å². The van der Waals surface area contributed by atoms with E-state index < -0.39 is 0 Å². The maximum Gasteiger partial charge on any atom is 0.272 e. The molecule has 0 aliphatic carbocycles. The van der Waals surface area contributed by atoms with E-state index in [1.165, 1.54) is 11.3 Å². The lowest BCUT2D eigenvalue weighted by molar-refractivity contribution is 0.102. The normalized spacial score (nSPS) is 10.9. The summed E-state index contributed by atoms with van der Waals surface area (Å²) in [7, 11) is 1.56. The summed E-state index contributed by atoms with van der Waals surface area (Å²) in [6.07, 6.45) is 0. The van der Waals surface area contributed by atoms with Gasteiger partial charge in [-0.05, 0) is 56.7 Å². The predicted octanol–water partition coefficient (Wildman–Crippen LogP) is 4.83. The highest BCUT2D eigenvalue weighted by molar-refractivity contribution is 7.19. The molecule has 4 N–H and O–H groups in total. The Kier molecular flexibility index (Phi) is 6.27. The molecular formula is C23H24N6O3S. The van der Waals surface area contributed by atoms with E-state index in [-0.39, 0.29) is 11.9 Å². The highest BCUT2D eigenvalue weighted by atomic mass is 32.1. The number of rotatable bonds is 7. The van der Waals surface area contributed by atoms with Gasteiger partial charge < -0.3 is 25.6 Å². The number of nitrogen functional groups attached to an aromatic ring is 1. The van der Waals surface area contributed by atoms with Crippen LogP contribution in [0, 0.1) is 6.92 Å². The molecule has 0 saturated heterocycles. The van der Waals surface area contributed by atoms with Gasteiger partial charge in [0.2, 0.25) is 5.82 Å². The van der Waals surface area contributed by atoms with E-state index in [0.29, 0.717) is 44.5 Å². The molecule has 0 bridgehead atoms. The Balaban J connectivity index is 1.58. The molecule has 170 valence electrons. The van der Waals surface area contributed by atoms with Gasteiger partial charge in [-0.2, -0.15) is 4.98 Å². The Bertz CT molecular complexity index is 1300. The molecule has 0 aliphatic rings. The Morgan fingerprint density at radius 2 is 2.00 bits per heavy atom. The first-order valence-corrected chi connectivity index (χ1v) is 11.1. The predicted molar refractivity (Wildman–Crippen MR) is 130 cm³/mol. The first kappa shape index (κ1) is 22.3. The van der Waals surface area contributed by atoms with Gasteiger partial charge in [0.25, 0.3) is 11.8 Å². The van der Waals surface area contributed by atoms with Crippen LogP contribution < -0.4 is 21.1 Å². The zero-order valence-corrected chi connectivity index (χ0v) is 19.5. The Hall–Kier alpha value is -3.92. The second-order valence-electron chi connectivity index (χ2n) is 7.67. The average Bonchev–Trinajstić information content (AvgIpc) is 3.41. The number of amides is 1. The van der Waals surface area contributed by atoms with Gasteiger partial charge in [-0.15, -0.1) is 0 Å². The van der Waals surface area contributed by atoms with Gasteiger partial charge in [-0.25, -0.2) is 4.98 Å². The van der Waals surface area contributed by atoms with Crippen LogP contribution in [0.1, 0.15) is 29.8 Å². The average molecular weight is 465 g/mol. The van der Waals surface area contributed by atoms with Gasteiger partial charge in [0.15, 0.2) is 5.13 Å². The van der Waals surface area contributed by atoms with E-state index in [1.54, 1.807) is 31.4 Å². The number of nitrogens with one attached hydrogen (secondary N) is 2. The maximum absolute atomic E-state index is 12.7. The Morgan fingerprint density at radius 3 is 2.76 bits per heavy atom. The molecule has 0 atom stereocenters. The van der Waals surface area contributed by atoms with Gasteiger partial charge >= 0.3 is 0 Å². The van der Waals surface area contributed by atoms with Gasteiger partial charge in [0, 0.05) is 22.9 Å². The molecule has 0 fully saturated rings. The third-order valence-corrected chi connectivity index (χ3v) is 5.74. The van der Waals surface area contributed by atoms with E-state index in [2.05, 4.69) is 25.8 Å². The fraction of sp³-hybridized carbons (Fsp3) is 0.217. The van der Waals surface area contributed by atoms with Crippen molar-refractivity contribution in [3.8, 4) is 27.9 Å². The first-order chi connectivity index (χ1) is 15.8. The minimum atomic E-state index is -0.250. The topological polar surface area (TPSA) is 128 Å². The largest absolute Gasteiger partial charge is 0.497 e. The number of anilines is 3. The van der Waals surface area contributed by atoms with Crippen LogP contribution in [0.3, 0.4) is 0 Å². The lowest BCUT2D eigenvalue weighted by Crippen LogP contribution is -2.12. The number of methoxy groups -OCH3 is 1. The van der Waals surface area contributed by atoms with E-state index in [0.717, 1.165) is 11.1 Å². The van der Waals surface area contributed by atoms with E-state index >= 15 is 0 Å². The highest BCUT2D eigenvalue weighted by Gasteiger charge is 2.19. The van der Waals surface area contributed by atoms with Crippen molar-refractivity contribution in [1.29, 1.82) is 0 Å². The molecular weight excluding hydrogens is 440 g/mol. The van der Waals surface area contributed by atoms with Gasteiger partial charge in [-0.1, -0.05) is 28.6 Å². The Labute approximate surface area is 195 Å². The fourth-order valence-electron chi connectivity index (χ4n) is 3.13. The quantitative estimate of drug-likeness (QED) is 0.355. The van der Waals surface area contributed by atoms with Gasteiger partial charge in [0.05, 0.1) is 7.11 Å². The van der Waals surface area contributed by atoms with Crippen molar-refractivity contribution in [2.75, 3.05) is 23.5 Å². The highest BCUT2D eigenvalue weighted by Crippen LogP contribution is 2.35. The molecule has 10 heteroatoms. The molecule has 0 unspecified atom stereocenters. The monoisotopic (exact) mass is 464 g/mol. The van der Waals surface area contributed by atoms with Crippen molar-refractivity contribution < 1.29 is 14.1 Å². The number of ether oxygens (including phenoxy) is 1. The van der Waals surface area contributed by atoms with Crippen LogP contribution >= 0.6 is 11.3 Å². The van der Waals surface area contributed by atoms with E-state index in [4.69, 9.17) is 15.0 Å². The molecule has 1 amide bonds. The van der Waals surface area contributed by atoms with Crippen LogP contribution in [-0.2, 0) is 0 Å². The third-order valence-electron chi connectivity index (χ3n) is 4.75. The van der Waals surface area contributed by atoms with E-state index in [1.807, 2.05) is 39.0 Å². The standard InChI is InChI=1S/C23H24N6O3S/c1-12(2)25-23-27-19(24)18(33-23)22-28-20(29-32-22)17-11-15(9-8-13(17)3)26-21(30)14-6-5-7-16(10-14)31-4/h5-12H,24H2,1-4H3,(H,25,27)(H,26,30). The van der Waals surface area contributed by atoms with Gasteiger partial charge in [-0.3, -0.25) is 4.79 Å². The van der Waals surface area contributed by atoms with Crippen LogP contribution in [0.2, 0.25) is 0 Å². The summed E-state index contributed by atoms with van der Waals surface area (Å²) >= 11 is 1.36. The molecule has 9 nitrogen and oxygen atoms in total. The maximum atomic E-state index is 12.7. The number of aryl methyl sites for hydroxylation is 1. The second kappa shape index (κ2) is 9.29. The number of benzene rings is 2. The number of nitrogens with zero attached hydrogens (tertiary/aromatic N) is 3. The molecule has 0 spiro atoms. The summed E-state index contributed by atoms with van der Waals surface area (Å²) in [4.78, 5) is 22.1. The minimum Gasteiger partial charge on any atom is -0.497 e. The molecule has 2 heterocycles. The van der Waals surface area contributed by atoms with Crippen molar-refractivity contribution in [1.82, 2.24) is 15.1 Å². The van der Waals surface area contributed by atoms with Crippen LogP contribution in [0.15, 0.2) is 47.0 Å². The minimum absolute atomic E-state index is 0.221. The number of hydrogen-bond donors (Lipinski definition) is 3. The number of aromatic nitrogens is 3. The number of hydrogen-bond acceptors (Lipinski definition) is 9. The molecule has 2 aromatic heterocycles. The van der Waals surface area contributed by atoms with Crippen LogP contribution in [0.25, 0.3) is 22.2 Å². The number of carbonyl (C=O) groups is 1. The smallest absolute Gasteiger partial charge is 0.272 e. The zero-order chi connectivity index (χ0) is 23.5. The summed E-state index contributed by atoms with van der Waals surface area (Å²) in [5.74, 6) is 1.38. The molecule has 4 rings (SSSR count). The molecule has 2 aromatic carbocycles. The van der Waals surface area contributed by atoms with Crippen molar-refractivity contribution in [3.63, 3.8) is 0 Å². The number of nitrogens with two attached hydrogens (primary N) is 1. The summed E-state index contributed by atoms with van der Waals surface area (Å²) < 4.78 is 10.7. The summed E-state index contributed by atoms with van der Waals surface area (Å²) in [5, 5.41) is 10.9. The zero-order valence-electron chi connectivity index (χ0n) is 18.7. The molecule has 0 saturated carbocycles. The lowest BCUT2D eigenvalue weighted by atomic mass is 10.1. The fourth-order valence-corrected chi connectivity index (χ4v) is 4.08. The summed E-state index contributed by atoms with van der Waals surface area (Å²) in [6, 6.07) is 12.7. The van der Waals surface area contributed by atoms with Crippen LogP contribution in [0.4, 0.5) is 16.6 Å². The lowest BCUT2D eigenvalue weighted by Gasteiger charge is -2.09. The van der Waals surface area contributed by atoms with E-state index in [9.17, 15) is 4.79 Å². The number of thiazole rings is 1. The van der Waals surface area contributed by atoms with Crippen molar-refractivity contribution >= 4 is 33.9 Å². The summed E-state index contributed by atoms with van der Waals surface area (Å²) in [6.45, 7) is 5.97. The Morgan fingerprint density at radius 1 is 1.18 bits per heavy atom. The number of carbonyl (C=O) groups excluding carboxylic acids is 1. The van der Waals surface area contributed by atoms with Crippen molar-refractivity contribution in [2.45, 2.75) is 26.8 Å². The first-order valence-electron chi connectivity index (χ1n) is 10.3.